The van der Waals surface area contributed by atoms with E-state index in [0.717, 1.165) is 16.3 Å². The molecule has 0 N–H and O–H groups in total. The quantitative estimate of drug-likeness (QED) is 0.681. The second kappa shape index (κ2) is 3.74. The van der Waals surface area contributed by atoms with Gasteiger partial charge in [0, 0.05) is 6.42 Å². The Labute approximate surface area is 81.2 Å². The second-order valence-electron chi connectivity index (χ2n) is 3.23. The van der Waals surface area contributed by atoms with Crippen molar-refractivity contribution in [3.8, 4) is 0 Å². The van der Waals surface area contributed by atoms with Crippen LogP contribution in [0.25, 0.3) is 10.8 Å². The van der Waals surface area contributed by atoms with Crippen molar-refractivity contribution < 1.29 is 8.78 Å². The molecule has 0 heterocycles. The molecular weight excluding hydrogens is 182 g/mol. The Kier molecular flexibility index (Phi) is 2.44. The van der Waals surface area contributed by atoms with Crippen molar-refractivity contribution in [2.45, 2.75) is 12.8 Å². The van der Waals surface area contributed by atoms with Gasteiger partial charge < -0.3 is 0 Å². The minimum atomic E-state index is -2.28. The lowest BCUT2D eigenvalue weighted by Gasteiger charge is -2.05. The predicted octanol–water partition coefficient (Wildman–Crippen LogP) is 3.65. The molecule has 2 aromatic rings. The fourth-order valence-corrected chi connectivity index (χ4v) is 1.64. The standard InChI is InChI=1S/C12H10F2/c13-12(14)8-10-6-3-5-9-4-1-2-7-11(9)10/h1-7,12H,8H2. The maximum absolute atomic E-state index is 12.2. The minimum Gasteiger partial charge on any atom is -0.210 e. The van der Waals surface area contributed by atoms with E-state index in [9.17, 15) is 8.78 Å². The molecule has 2 heteroatoms. The van der Waals surface area contributed by atoms with Crippen molar-refractivity contribution >= 4 is 10.8 Å². The summed E-state index contributed by atoms with van der Waals surface area (Å²) in [5.41, 5.74) is 0.720. The summed E-state index contributed by atoms with van der Waals surface area (Å²) in [7, 11) is 0. The largest absolute Gasteiger partial charge is 0.242 e. The van der Waals surface area contributed by atoms with Gasteiger partial charge in [-0.3, -0.25) is 0 Å². The molecule has 0 saturated heterocycles. The van der Waals surface area contributed by atoms with Crippen LogP contribution in [0.3, 0.4) is 0 Å². The molecule has 14 heavy (non-hydrogen) atoms. The van der Waals surface area contributed by atoms with Crippen molar-refractivity contribution in [2.24, 2.45) is 0 Å². The van der Waals surface area contributed by atoms with E-state index in [1.54, 1.807) is 6.07 Å². The molecule has 2 rings (SSSR count). The molecule has 0 saturated carbocycles. The van der Waals surface area contributed by atoms with Crippen LogP contribution in [0.5, 0.6) is 0 Å². The Morgan fingerprint density at radius 3 is 2.43 bits per heavy atom. The highest BCUT2D eigenvalue weighted by Crippen LogP contribution is 2.20. The molecule has 0 aliphatic rings. The molecular formula is C12H10F2. The first-order chi connectivity index (χ1) is 6.77. The Bertz CT molecular complexity index is 430. The lowest BCUT2D eigenvalue weighted by Crippen LogP contribution is -1.97. The smallest absolute Gasteiger partial charge is 0.210 e. The van der Waals surface area contributed by atoms with Crippen molar-refractivity contribution in [3.05, 3.63) is 48.0 Å². The molecule has 0 spiro atoms. The van der Waals surface area contributed by atoms with E-state index in [0.29, 0.717) is 0 Å². The van der Waals surface area contributed by atoms with Gasteiger partial charge in [0.05, 0.1) is 0 Å². The van der Waals surface area contributed by atoms with Gasteiger partial charge in [0.1, 0.15) is 0 Å². The van der Waals surface area contributed by atoms with Crippen molar-refractivity contribution in [3.63, 3.8) is 0 Å². The summed E-state index contributed by atoms with van der Waals surface area (Å²) in [6.07, 6.45) is -2.44. The lowest BCUT2D eigenvalue weighted by atomic mass is 10.0. The van der Waals surface area contributed by atoms with E-state index >= 15 is 0 Å². The average Bonchev–Trinajstić information content (AvgIpc) is 2.18. The highest BCUT2D eigenvalue weighted by molar-refractivity contribution is 5.85. The van der Waals surface area contributed by atoms with Gasteiger partial charge in [-0.25, -0.2) is 8.78 Å². The van der Waals surface area contributed by atoms with Gasteiger partial charge in [-0.1, -0.05) is 42.5 Å². The van der Waals surface area contributed by atoms with Crippen LogP contribution in [0.4, 0.5) is 8.78 Å². The topological polar surface area (TPSA) is 0 Å². The zero-order chi connectivity index (χ0) is 9.97. The summed E-state index contributed by atoms with van der Waals surface area (Å²) in [4.78, 5) is 0. The predicted molar refractivity (Wildman–Crippen MR) is 53.7 cm³/mol. The van der Waals surface area contributed by atoms with Gasteiger partial charge in [0.25, 0.3) is 0 Å². The van der Waals surface area contributed by atoms with Crippen LogP contribution in [0.2, 0.25) is 0 Å². The Morgan fingerprint density at radius 2 is 1.64 bits per heavy atom. The van der Waals surface area contributed by atoms with Gasteiger partial charge in [-0.05, 0) is 16.3 Å². The second-order valence-corrected chi connectivity index (χ2v) is 3.23. The molecule has 0 unspecified atom stereocenters. The molecule has 2 aromatic carbocycles. The van der Waals surface area contributed by atoms with Gasteiger partial charge in [-0.2, -0.15) is 0 Å². The zero-order valence-corrected chi connectivity index (χ0v) is 7.58. The molecule has 0 atom stereocenters. The number of benzene rings is 2. The summed E-state index contributed by atoms with van der Waals surface area (Å²) in [5, 5.41) is 1.95. The minimum absolute atomic E-state index is 0.165. The molecule has 0 amide bonds. The first-order valence-corrected chi connectivity index (χ1v) is 4.52. The first-order valence-electron chi connectivity index (χ1n) is 4.52. The Morgan fingerprint density at radius 1 is 0.929 bits per heavy atom. The van der Waals surface area contributed by atoms with Crippen LogP contribution < -0.4 is 0 Å². The number of rotatable bonds is 2. The van der Waals surface area contributed by atoms with Crippen molar-refractivity contribution in [1.29, 1.82) is 0 Å². The summed E-state index contributed by atoms with van der Waals surface area (Å²) in [6.45, 7) is 0. The van der Waals surface area contributed by atoms with E-state index in [4.69, 9.17) is 0 Å². The molecule has 0 nitrogen and oxygen atoms in total. The third kappa shape index (κ3) is 1.74. The van der Waals surface area contributed by atoms with Crippen LogP contribution in [-0.2, 0) is 6.42 Å². The maximum Gasteiger partial charge on any atom is 0.242 e. The highest BCUT2D eigenvalue weighted by atomic mass is 19.3. The normalized spacial score (nSPS) is 11.1. The van der Waals surface area contributed by atoms with E-state index in [1.807, 2.05) is 36.4 Å². The molecule has 72 valence electrons. The Hall–Kier alpha value is -1.44. The van der Waals surface area contributed by atoms with E-state index in [-0.39, 0.29) is 6.42 Å². The lowest BCUT2D eigenvalue weighted by molar-refractivity contribution is 0.149. The molecule has 0 fully saturated rings. The third-order valence-electron chi connectivity index (χ3n) is 2.25. The fraction of sp³-hybridized carbons (Fsp3) is 0.167. The maximum atomic E-state index is 12.2. The highest BCUT2D eigenvalue weighted by Gasteiger charge is 2.06. The third-order valence-corrected chi connectivity index (χ3v) is 2.25. The SMILES string of the molecule is FC(F)Cc1cccc2ccccc12. The van der Waals surface area contributed by atoms with Gasteiger partial charge in [0.15, 0.2) is 0 Å². The number of hydrogen-bond acceptors (Lipinski definition) is 0. The van der Waals surface area contributed by atoms with Crippen LogP contribution in [0.15, 0.2) is 42.5 Å². The van der Waals surface area contributed by atoms with E-state index in [1.165, 1.54) is 0 Å². The van der Waals surface area contributed by atoms with Gasteiger partial charge in [-0.15, -0.1) is 0 Å². The zero-order valence-electron chi connectivity index (χ0n) is 7.58. The van der Waals surface area contributed by atoms with Crippen molar-refractivity contribution in [2.75, 3.05) is 0 Å². The molecule has 0 bridgehead atoms. The number of hydrogen-bond donors (Lipinski definition) is 0. The first kappa shape index (κ1) is 9.13. The average molecular weight is 192 g/mol. The molecule has 0 radical (unpaired) electrons. The van der Waals surface area contributed by atoms with Crippen LogP contribution in [0, 0.1) is 0 Å². The number of halogens is 2. The summed E-state index contributed by atoms with van der Waals surface area (Å²) >= 11 is 0. The molecule has 0 aliphatic carbocycles. The van der Waals surface area contributed by atoms with Crippen LogP contribution in [-0.4, -0.2) is 6.43 Å². The summed E-state index contributed by atoms with van der Waals surface area (Å²) in [5.74, 6) is 0. The van der Waals surface area contributed by atoms with Gasteiger partial charge in [0.2, 0.25) is 6.43 Å². The van der Waals surface area contributed by atoms with E-state index in [2.05, 4.69) is 0 Å². The molecule has 0 aromatic heterocycles. The van der Waals surface area contributed by atoms with Crippen molar-refractivity contribution in [1.82, 2.24) is 0 Å². The monoisotopic (exact) mass is 192 g/mol. The van der Waals surface area contributed by atoms with Gasteiger partial charge >= 0.3 is 0 Å². The van der Waals surface area contributed by atoms with E-state index < -0.39 is 6.43 Å². The number of fused-ring (bicyclic) bond motifs is 1. The Balaban J connectivity index is 2.53. The van der Waals surface area contributed by atoms with Crippen LogP contribution >= 0.6 is 0 Å². The summed E-state index contributed by atoms with van der Waals surface area (Å²) < 4.78 is 24.5. The van der Waals surface area contributed by atoms with Crippen LogP contribution in [0.1, 0.15) is 5.56 Å². The summed E-state index contributed by atoms with van der Waals surface area (Å²) in [6, 6.07) is 13.1. The number of alkyl halides is 2. The fourth-order valence-electron chi connectivity index (χ4n) is 1.64. The molecule has 0 aliphatic heterocycles.